The molecular weight excluding hydrogens is 352 g/mol. The fraction of sp³-hybridized carbons (Fsp3) is 0.300. The van der Waals surface area contributed by atoms with Crippen LogP contribution in [0.4, 0.5) is 0 Å². The Morgan fingerprint density at radius 1 is 1.23 bits per heavy atom. The minimum absolute atomic E-state index is 0.0198. The van der Waals surface area contributed by atoms with Crippen molar-refractivity contribution in [1.29, 1.82) is 0 Å². The van der Waals surface area contributed by atoms with Gasteiger partial charge >= 0.3 is 0 Å². The van der Waals surface area contributed by atoms with Crippen LogP contribution >= 0.6 is 11.6 Å². The van der Waals surface area contributed by atoms with Crippen molar-refractivity contribution in [2.75, 3.05) is 6.61 Å². The first-order valence-electron chi connectivity index (χ1n) is 8.52. The third-order valence-electron chi connectivity index (χ3n) is 3.29. The lowest BCUT2D eigenvalue weighted by molar-refractivity contribution is 0.0955. The number of amides is 1. The number of halogens is 1. The Labute approximate surface area is 159 Å². The van der Waals surface area contributed by atoms with E-state index in [-0.39, 0.29) is 12.0 Å². The second-order valence-electron chi connectivity index (χ2n) is 5.92. The predicted molar refractivity (Wildman–Crippen MR) is 105 cm³/mol. The van der Waals surface area contributed by atoms with E-state index >= 15 is 0 Å². The number of benzene rings is 2. The van der Waals surface area contributed by atoms with Crippen LogP contribution in [0, 0.1) is 0 Å². The van der Waals surface area contributed by atoms with Crippen LogP contribution in [0.25, 0.3) is 0 Å². The van der Waals surface area contributed by atoms with Gasteiger partial charge in [-0.15, -0.1) is 0 Å². The maximum Gasteiger partial charge on any atom is 0.271 e. The molecule has 138 valence electrons. The van der Waals surface area contributed by atoms with Gasteiger partial charge in [-0.3, -0.25) is 4.79 Å². The molecule has 0 saturated heterocycles. The monoisotopic (exact) mass is 374 g/mol. The molecule has 0 aliphatic rings. The second kappa shape index (κ2) is 9.82. The molecule has 0 spiro atoms. The molecule has 0 radical (unpaired) electrons. The molecule has 0 bridgehead atoms. The normalized spacial score (nSPS) is 11.0. The standard InChI is InChI=1S/C20H23ClN2O3/c1-4-11-25-18-8-5-15(6-9-18)20(24)23-22-13-16-12-17(21)7-10-19(16)26-14(2)3/h5-10,12-14H,4,11H2,1-3H3,(H,23,24)/b22-13-. The van der Waals surface area contributed by atoms with Gasteiger partial charge in [-0.05, 0) is 62.7 Å². The third-order valence-corrected chi connectivity index (χ3v) is 3.53. The van der Waals surface area contributed by atoms with E-state index in [1.807, 2.05) is 20.8 Å². The van der Waals surface area contributed by atoms with Crippen molar-refractivity contribution in [3.05, 3.63) is 58.6 Å². The van der Waals surface area contributed by atoms with Gasteiger partial charge in [0, 0.05) is 16.1 Å². The summed E-state index contributed by atoms with van der Waals surface area (Å²) in [6, 6.07) is 12.2. The lowest BCUT2D eigenvalue weighted by Gasteiger charge is -2.12. The lowest BCUT2D eigenvalue weighted by Crippen LogP contribution is -2.17. The Bertz CT molecular complexity index is 758. The molecule has 6 heteroatoms. The number of nitrogens with zero attached hydrogens (tertiary/aromatic N) is 1. The number of carbonyl (C=O) groups is 1. The van der Waals surface area contributed by atoms with E-state index in [1.165, 1.54) is 6.21 Å². The number of rotatable bonds is 8. The van der Waals surface area contributed by atoms with Crippen molar-refractivity contribution in [3.8, 4) is 11.5 Å². The predicted octanol–water partition coefficient (Wildman–Crippen LogP) is 4.68. The Hall–Kier alpha value is -2.53. The summed E-state index contributed by atoms with van der Waals surface area (Å²) in [7, 11) is 0. The minimum atomic E-state index is -0.309. The van der Waals surface area contributed by atoms with Gasteiger partial charge in [-0.2, -0.15) is 5.10 Å². The van der Waals surface area contributed by atoms with Crippen molar-refractivity contribution >= 4 is 23.7 Å². The van der Waals surface area contributed by atoms with Gasteiger partial charge in [0.2, 0.25) is 0 Å². The summed E-state index contributed by atoms with van der Waals surface area (Å²) in [6.45, 7) is 6.56. The van der Waals surface area contributed by atoms with Crippen LogP contribution < -0.4 is 14.9 Å². The van der Waals surface area contributed by atoms with Crippen LogP contribution in [0.2, 0.25) is 5.02 Å². The summed E-state index contributed by atoms with van der Waals surface area (Å²) in [5, 5.41) is 4.57. The fourth-order valence-electron chi connectivity index (χ4n) is 2.13. The Balaban J connectivity index is 2.01. The first kappa shape index (κ1) is 19.8. The molecule has 2 aromatic rings. The molecular formula is C20H23ClN2O3. The Morgan fingerprint density at radius 3 is 2.62 bits per heavy atom. The average Bonchev–Trinajstić information content (AvgIpc) is 2.62. The van der Waals surface area contributed by atoms with Crippen LogP contribution in [-0.2, 0) is 0 Å². The van der Waals surface area contributed by atoms with E-state index in [4.69, 9.17) is 21.1 Å². The summed E-state index contributed by atoms with van der Waals surface area (Å²) in [5.74, 6) is 1.08. The molecule has 0 saturated carbocycles. The summed E-state index contributed by atoms with van der Waals surface area (Å²) in [5.41, 5.74) is 3.69. The van der Waals surface area contributed by atoms with Gasteiger partial charge in [0.15, 0.2) is 0 Å². The number of carbonyl (C=O) groups excluding carboxylic acids is 1. The number of ether oxygens (including phenoxy) is 2. The number of hydrogen-bond acceptors (Lipinski definition) is 4. The first-order chi connectivity index (χ1) is 12.5. The van der Waals surface area contributed by atoms with Gasteiger partial charge in [-0.25, -0.2) is 5.43 Å². The molecule has 26 heavy (non-hydrogen) atoms. The Morgan fingerprint density at radius 2 is 1.96 bits per heavy atom. The van der Waals surface area contributed by atoms with E-state index in [1.54, 1.807) is 42.5 Å². The van der Waals surface area contributed by atoms with Crippen LogP contribution in [0.1, 0.15) is 43.1 Å². The van der Waals surface area contributed by atoms with Crippen molar-refractivity contribution < 1.29 is 14.3 Å². The molecule has 0 aliphatic carbocycles. The fourth-order valence-corrected chi connectivity index (χ4v) is 2.31. The van der Waals surface area contributed by atoms with Crippen LogP contribution in [0.5, 0.6) is 11.5 Å². The molecule has 0 fully saturated rings. The smallest absolute Gasteiger partial charge is 0.271 e. The molecule has 0 unspecified atom stereocenters. The molecule has 2 rings (SSSR count). The summed E-state index contributed by atoms with van der Waals surface area (Å²) in [4.78, 5) is 12.2. The van der Waals surface area contributed by atoms with Crippen molar-refractivity contribution in [1.82, 2.24) is 5.43 Å². The SMILES string of the molecule is CCCOc1ccc(C(=O)N/N=C\c2cc(Cl)ccc2OC(C)C)cc1. The van der Waals surface area contributed by atoms with Crippen LogP contribution in [0.3, 0.4) is 0 Å². The van der Waals surface area contributed by atoms with Crippen LogP contribution in [-0.4, -0.2) is 24.8 Å². The molecule has 5 nitrogen and oxygen atoms in total. The van der Waals surface area contributed by atoms with E-state index in [2.05, 4.69) is 10.5 Å². The summed E-state index contributed by atoms with van der Waals surface area (Å²) in [6.07, 6.45) is 2.47. The number of hydrogen-bond donors (Lipinski definition) is 1. The van der Waals surface area contributed by atoms with Crippen molar-refractivity contribution in [2.45, 2.75) is 33.3 Å². The van der Waals surface area contributed by atoms with E-state index in [0.717, 1.165) is 12.2 Å². The molecule has 0 atom stereocenters. The average molecular weight is 375 g/mol. The van der Waals surface area contributed by atoms with E-state index in [9.17, 15) is 4.79 Å². The molecule has 1 amide bonds. The Kier molecular flexibility index (Phi) is 7.48. The van der Waals surface area contributed by atoms with Gasteiger partial charge in [0.05, 0.1) is 18.9 Å². The molecule has 0 aromatic heterocycles. The van der Waals surface area contributed by atoms with Gasteiger partial charge in [-0.1, -0.05) is 18.5 Å². The van der Waals surface area contributed by atoms with E-state index in [0.29, 0.717) is 28.5 Å². The van der Waals surface area contributed by atoms with Gasteiger partial charge in [0.1, 0.15) is 11.5 Å². The molecule has 1 N–H and O–H groups in total. The highest BCUT2D eigenvalue weighted by molar-refractivity contribution is 6.30. The van der Waals surface area contributed by atoms with Crippen molar-refractivity contribution in [3.63, 3.8) is 0 Å². The zero-order chi connectivity index (χ0) is 18.9. The minimum Gasteiger partial charge on any atom is -0.494 e. The molecule has 0 aliphatic heterocycles. The van der Waals surface area contributed by atoms with Gasteiger partial charge in [0.25, 0.3) is 5.91 Å². The highest BCUT2D eigenvalue weighted by atomic mass is 35.5. The lowest BCUT2D eigenvalue weighted by atomic mass is 10.2. The highest BCUT2D eigenvalue weighted by Gasteiger charge is 2.07. The summed E-state index contributed by atoms with van der Waals surface area (Å²) >= 11 is 6.03. The highest BCUT2D eigenvalue weighted by Crippen LogP contribution is 2.22. The van der Waals surface area contributed by atoms with Crippen LogP contribution in [0.15, 0.2) is 47.6 Å². The topological polar surface area (TPSA) is 59.9 Å². The zero-order valence-electron chi connectivity index (χ0n) is 15.2. The maximum atomic E-state index is 12.2. The quantitative estimate of drug-likeness (QED) is 0.539. The number of hydrazone groups is 1. The maximum absolute atomic E-state index is 12.2. The zero-order valence-corrected chi connectivity index (χ0v) is 15.9. The first-order valence-corrected chi connectivity index (χ1v) is 8.90. The van der Waals surface area contributed by atoms with E-state index < -0.39 is 0 Å². The third kappa shape index (κ3) is 6.08. The molecule has 2 aromatic carbocycles. The number of nitrogens with one attached hydrogen (secondary N) is 1. The summed E-state index contributed by atoms with van der Waals surface area (Å²) < 4.78 is 11.2. The van der Waals surface area contributed by atoms with Crippen molar-refractivity contribution in [2.24, 2.45) is 5.10 Å². The largest absolute Gasteiger partial charge is 0.494 e. The molecule has 0 heterocycles. The van der Waals surface area contributed by atoms with Gasteiger partial charge < -0.3 is 9.47 Å². The second-order valence-corrected chi connectivity index (χ2v) is 6.36.